The molecule has 0 bridgehead atoms. The van der Waals surface area contributed by atoms with E-state index >= 15 is 0 Å². The van der Waals surface area contributed by atoms with Crippen molar-refractivity contribution in [3.63, 3.8) is 0 Å². The Morgan fingerprint density at radius 3 is 2.82 bits per heavy atom. The van der Waals surface area contributed by atoms with Gasteiger partial charge in [0, 0.05) is 0 Å². The zero-order valence-electron chi connectivity index (χ0n) is 11.9. The molecule has 8 heteroatoms. The first-order valence-electron chi connectivity index (χ1n) is 6.67. The van der Waals surface area contributed by atoms with E-state index in [0.717, 1.165) is 15.9 Å². The van der Waals surface area contributed by atoms with E-state index in [-0.39, 0.29) is 5.96 Å². The van der Waals surface area contributed by atoms with Gasteiger partial charge < -0.3 is 11.5 Å². The lowest BCUT2D eigenvalue weighted by atomic mass is 10.2. The minimum absolute atomic E-state index is 0.264. The van der Waals surface area contributed by atoms with E-state index in [2.05, 4.69) is 15.1 Å². The number of amides is 1. The SMILES string of the molecule is CCc1c(C(=O)N=C(N)N)cnn1-c1nc2ccccc2s1. The van der Waals surface area contributed by atoms with Crippen molar-refractivity contribution in [1.29, 1.82) is 0 Å². The molecule has 112 valence electrons. The summed E-state index contributed by atoms with van der Waals surface area (Å²) in [5, 5.41) is 4.98. The summed E-state index contributed by atoms with van der Waals surface area (Å²) in [7, 11) is 0. The topological polar surface area (TPSA) is 112 Å². The monoisotopic (exact) mass is 314 g/mol. The maximum absolute atomic E-state index is 12.0. The van der Waals surface area contributed by atoms with Gasteiger partial charge in [0.15, 0.2) is 5.96 Å². The van der Waals surface area contributed by atoms with Crippen LogP contribution >= 0.6 is 11.3 Å². The number of carbonyl (C=O) groups is 1. The molecule has 1 amide bonds. The Balaban J connectivity index is 2.10. The lowest BCUT2D eigenvalue weighted by Gasteiger charge is -2.02. The van der Waals surface area contributed by atoms with Gasteiger partial charge in [0.05, 0.1) is 27.7 Å². The summed E-state index contributed by atoms with van der Waals surface area (Å²) in [6.07, 6.45) is 2.08. The first-order chi connectivity index (χ1) is 10.6. The molecule has 2 aromatic heterocycles. The zero-order valence-corrected chi connectivity index (χ0v) is 12.7. The fourth-order valence-corrected chi connectivity index (χ4v) is 3.13. The number of para-hydroxylation sites is 1. The standard InChI is InChI=1S/C14H14N6OS/c1-2-10-8(12(21)19-13(15)16)7-17-20(10)14-18-9-5-3-4-6-11(9)22-14/h3-7H,2H2,1H3,(H4,15,16,19,21). The number of rotatable bonds is 3. The molecule has 0 spiro atoms. The van der Waals surface area contributed by atoms with Crippen LogP contribution in [0.15, 0.2) is 35.5 Å². The van der Waals surface area contributed by atoms with Gasteiger partial charge in [-0.15, -0.1) is 0 Å². The summed E-state index contributed by atoms with van der Waals surface area (Å²) >= 11 is 1.51. The number of thiazole rings is 1. The zero-order chi connectivity index (χ0) is 15.7. The first kappa shape index (κ1) is 14.2. The van der Waals surface area contributed by atoms with E-state index in [1.165, 1.54) is 17.5 Å². The summed E-state index contributed by atoms with van der Waals surface area (Å²) in [4.78, 5) is 20.2. The number of hydrogen-bond acceptors (Lipinski definition) is 4. The molecule has 4 N–H and O–H groups in total. The van der Waals surface area contributed by atoms with Gasteiger partial charge in [-0.25, -0.2) is 9.67 Å². The third kappa shape index (κ3) is 2.44. The molecule has 0 saturated heterocycles. The Hall–Kier alpha value is -2.74. The molecule has 0 unspecified atom stereocenters. The van der Waals surface area contributed by atoms with Crippen LogP contribution in [-0.4, -0.2) is 26.6 Å². The van der Waals surface area contributed by atoms with Crippen molar-refractivity contribution in [3.8, 4) is 5.13 Å². The van der Waals surface area contributed by atoms with Crippen molar-refractivity contribution in [3.05, 3.63) is 41.7 Å². The van der Waals surface area contributed by atoms with Gasteiger partial charge >= 0.3 is 0 Å². The summed E-state index contributed by atoms with van der Waals surface area (Å²) in [5.74, 6) is -0.760. The van der Waals surface area contributed by atoms with Gasteiger partial charge in [-0.3, -0.25) is 4.79 Å². The largest absolute Gasteiger partial charge is 0.370 e. The van der Waals surface area contributed by atoms with E-state index in [0.29, 0.717) is 17.1 Å². The normalized spacial score (nSPS) is 10.8. The fourth-order valence-electron chi connectivity index (χ4n) is 2.19. The van der Waals surface area contributed by atoms with Crippen molar-refractivity contribution in [2.45, 2.75) is 13.3 Å². The molecule has 2 heterocycles. The summed E-state index contributed by atoms with van der Waals surface area (Å²) in [6.45, 7) is 1.94. The third-order valence-electron chi connectivity index (χ3n) is 3.13. The van der Waals surface area contributed by atoms with Crippen LogP contribution < -0.4 is 11.5 Å². The van der Waals surface area contributed by atoms with Crippen LogP contribution in [0.4, 0.5) is 0 Å². The highest BCUT2D eigenvalue weighted by Crippen LogP contribution is 2.26. The molecule has 0 aliphatic heterocycles. The predicted molar refractivity (Wildman–Crippen MR) is 86.3 cm³/mol. The van der Waals surface area contributed by atoms with Gasteiger partial charge in [0.25, 0.3) is 5.91 Å². The number of aromatic nitrogens is 3. The molecular formula is C14H14N6OS. The van der Waals surface area contributed by atoms with Gasteiger partial charge in [-0.2, -0.15) is 10.1 Å². The highest BCUT2D eigenvalue weighted by molar-refractivity contribution is 7.20. The lowest BCUT2D eigenvalue weighted by molar-refractivity contribution is 0.100. The van der Waals surface area contributed by atoms with Crippen LogP contribution in [-0.2, 0) is 6.42 Å². The molecule has 0 aliphatic carbocycles. The molecule has 7 nitrogen and oxygen atoms in total. The summed E-state index contributed by atoms with van der Waals surface area (Å²) in [5.41, 5.74) is 12.5. The Labute approximate surface area is 130 Å². The maximum Gasteiger partial charge on any atom is 0.283 e. The minimum Gasteiger partial charge on any atom is -0.370 e. The molecule has 22 heavy (non-hydrogen) atoms. The highest BCUT2D eigenvalue weighted by Gasteiger charge is 2.18. The molecule has 3 rings (SSSR count). The Bertz CT molecular complexity index is 841. The quantitative estimate of drug-likeness (QED) is 0.561. The molecule has 0 saturated carbocycles. The van der Waals surface area contributed by atoms with Gasteiger partial charge in [0.2, 0.25) is 5.13 Å². The fraction of sp³-hybridized carbons (Fsp3) is 0.143. The maximum atomic E-state index is 12.0. The highest BCUT2D eigenvalue weighted by atomic mass is 32.1. The van der Waals surface area contributed by atoms with Gasteiger partial charge in [0.1, 0.15) is 0 Å². The second kappa shape index (κ2) is 5.57. The summed E-state index contributed by atoms with van der Waals surface area (Å²) in [6, 6.07) is 7.83. The van der Waals surface area contributed by atoms with E-state index < -0.39 is 5.91 Å². The van der Waals surface area contributed by atoms with E-state index in [9.17, 15) is 4.79 Å². The van der Waals surface area contributed by atoms with Crippen LogP contribution in [0.5, 0.6) is 0 Å². The van der Waals surface area contributed by atoms with E-state index in [4.69, 9.17) is 11.5 Å². The second-order valence-electron chi connectivity index (χ2n) is 4.58. The minimum atomic E-state index is -0.496. The molecular weight excluding hydrogens is 300 g/mol. The molecule has 0 aliphatic rings. The van der Waals surface area contributed by atoms with Crippen molar-refractivity contribution >= 4 is 33.4 Å². The number of benzene rings is 1. The van der Waals surface area contributed by atoms with E-state index in [1.807, 2.05) is 31.2 Å². The van der Waals surface area contributed by atoms with Gasteiger partial charge in [-0.05, 0) is 18.6 Å². The first-order valence-corrected chi connectivity index (χ1v) is 7.48. The lowest BCUT2D eigenvalue weighted by Crippen LogP contribution is -2.24. The number of guanidine groups is 1. The third-order valence-corrected chi connectivity index (χ3v) is 4.14. The average molecular weight is 314 g/mol. The van der Waals surface area contributed by atoms with Crippen molar-refractivity contribution in [2.75, 3.05) is 0 Å². The van der Waals surface area contributed by atoms with Crippen LogP contribution in [0.3, 0.4) is 0 Å². The van der Waals surface area contributed by atoms with Crippen LogP contribution in [0.2, 0.25) is 0 Å². The predicted octanol–water partition coefficient (Wildman–Crippen LogP) is 1.46. The number of nitrogens with two attached hydrogens (primary N) is 2. The number of nitrogens with zero attached hydrogens (tertiary/aromatic N) is 4. The Morgan fingerprint density at radius 1 is 1.36 bits per heavy atom. The van der Waals surface area contributed by atoms with E-state index in [1.54, 1.807) is 4.68 Å². The van der Waals surface area contributed by atoms with Crippen molar-refractivity contribution in [1.82, 2.24) is 14.8 Å². The number of aliphatic imine (C=N–C) groups is 1. The van der Waals surface area contributed by atoms with Crippen molar-refractivity contribution in [2.24, 2.45) is 16.5 Å². The van der Waals surface area contributed by atoms with Crippen LogP contribution in [0, 0.1) is 0 Å². The molecule has 0 fully saturated rings. The molecule has 0 radical (unpaired) electrons. The molecule has 0 atom stereocenters. The number of carbonyl (C=O) groups excluding carboxylic acids is 1. The summed E-state index contributed by atoms with van der Waals surface area (Å²) < 4.78 is 2.73. The van der Waals surface area contributed by atoms with Crippen LogP contribution in [0.25, 0.3) is 15.3 Å². The smallest absolute Gasteiger partial charge is 0.283 e. The second-order valence-corrected chi connectivity index (χ2v) is 5.59. The van der Waals surface area contributed by atoms with Crippen LogP contribution in [0.1, 0.15) is 23.0 Å². The van der Waals surface area contributed by atoms with Crippen molar-refractivity contribution < 1.29 is 4.79 Å². The molecule has 1 aromatic carbocycles. The molecule has 3 aromatic rings. The van der Waals surface area contributed by atoms with Gasteiger partial charge in [-0.1, -0.05) is 30.4 Å². The Morgan fingerprint density at radius 2 is 2.14 bits per heavy atom. The Kier molecular flexibility index (Phi) is 3.60. The average Bonchev–Trinajstić information content (AvgIpc) is 3.09. The number of fused-ring (bicyclic) bond motifs is 1. The number of hydrogen-bond donors (Lipinski definition) is 2.